The second-order valence-corrected chi connectivity index (χ2v) is 5.23. The molecule has 1 aromatic rings. The summed E-state index contributed by atoms with van der Waals surface area (Å²) >= 11 is 0. The summed E-state index contributed by atoms with van der Waals surface area (Å²) in [4.78, 5) is 23.5. The van der Waals surface area contributed by atoms with E-state index in [0.29, 0.717) is 4.73 Å². The van der Waals surface area contributed by atoms with Crippen LogP contribution >= 0.6 is 0 Å². The summed E-state index contributed by atoms with van der Waals surface area (Å²) < 4.78 is 0.345. The first-order valence-electron chi connectivity index (χ1n) is 5.52. The first-order valence-corrected chi connectivity index (χ1v) is 5.52. The number of rotatable bonds is 2. The SMILES string of the molecule is Cc1cc(O)c(C(=O)C=CC(C)(C)C)c(=O)n1O. The van der Waals surface area contributed by atoms with Gasteiger partial charge in [0.2, 0.25) is 0 Å². The van der Waals surface area contributed by atoms with Gasteiger partial charge in [-0.1, -0.05) is 26.8 Å². The van der Waals surface area contributed by atoms with Crippen LogP contribution in [0.2, 0.25) is 0 Å². The Morgan fingerprint density at radius 2 is 1.94 bits per heavy atom. The van der Waals surface area contributed by atoms with Crippen molar-refractivity contribution >= 4 is 5.78 Å². The summed E-state index contributed by atoms with van der Waals surface area (Å²) in [7, 11) is 0. The van der Waals surface area contributed by atoms with Crippen LogP contribution in [0, 0.1) is 12.3 Å². The zero-order valence-electron chi connectivity index (χ0n) is 10.9. The number of hydrogen-bond donors (Lipinski definition) is 2. The third kappa shape index (κ3) is 3.00. The lowest BCUT2D eigenvalue weighted by atomic mass is 9.95. The smallest absolute Gasteiger partial charge is 0.298 e. The average molecular weight is 251 g/mol. The quantitative estimate of drug-likeness (QED) is 0.478. The van der Waals surface area contributed by atoms with E-state index in [1.807, 2.05) is 20.8 Å². The van der Waals surface area contributed by atoms with E-state index >= 15 is 0 Å². The Labute approximate surface area is 105 Å². The summed E-state index contributed by atoms with van der Waals surface area (Å²) in [6.07, 6.45) is 2.86. The Kier molecular flexibility index (Phi) is 3.65. The predicted molar refractivity (Wildman–Crippen MR) is 67.2 cm³/mol. The highest BCUT2D eigenvalue weighted by molar-refractivity contribution is 6.06. The van der Waals surface area contributed by atoms with Gasteiger partial charge in [-0.25, -0.2) is 0 Å². The fourth-order valence-corrected chi connectivity index (χ4v) is 1.35. The third-order valence-corrected chi connectivity index (χ3v) is 2.32. The van der Waals surface area contributed by atoms with Crippen LogP contribution in [0.3, 0.4) is 0 Å². The highest BCUT2D eigenvalue weighted by atomic mass is 16.5. The molecule has 0 saturated heterocycles. The van der Waals surface area contributed by atoms with E-state index in [-0.39, 0.29) is 11.1 Å². The number of ketones is 1. The van der Waals surface area contributed by atoms with Crippen molar-refractivity contribution < 1.29 is 15.1 Å². The lowest BCUT2D eigenvalue weighted by Gasteiger charge is -2.11. The molecule has 0 bridgehead atoms. The molecule has 0 aliphatic carbocycles. The van der Waals surface area contributed by atoms with Crippen LogP contribution in [-0.4, -0.2) is 20.8 Å². The van der Waals surface area contributed by atoms with Crippen molar-refractivity contribution in [1.82, 2.24) is 4.73 Å². The molecule has 0 spiro atoms. The van der Waals surface area contributed by atoms with Crippen LogP contribution in [0.5, 0.6) is 5.75 Å². The second-order valence-electron chi connectivity index (χ2n) is 5.23. The van der Waals surface area contributed by atoms with Gasteiger partial charge < -0.3 is 10.3 Å². The number of hydrogen-bond acceptors (Lipinski definition) is 4. The fourth-order valence-electron chi connectivity index (χ4n) is 1.35. The number of aromatic nitrogens is 1. The number of nitrogens with zero attached hydrogens (tertiary/aromatic N) is 1. The van der Waals surface area contributed by atoms with Gasteiger partial charge in [0, 0.05) is 6.07 Å². The third-order valence-electron chi connectivity index (χ3n) is 2.32. The van der Waals surface area contributed by atoms with Crippen molar-refractivity contribution in [1.29, 1.82) is 0 Å². The number of carbonyl (C=O) groups is 1. The van der Waals surface area contributed by atoms with Crippen LogP contribution in [0.25, 0.3) is 0 Å². The molecule has 0 aromatic carbocycles. The van der Waals surface area contributed by atoms with Crippen LogP contribution in [0.1, 0.15) is 36.8 Å². The lowest BCUT2D eigenvalue weighted by Crippen LogP contribution is -2.26. The van der Waals surface area contributed by atoms with E-state index in [4.69, 9.17) is 0 Å². The van der Waals surface area contributed by atoms with Gasteiger partial charge in [-0.15, -0.1) is 0 Å². The molecule has 0 saturated carbocycles. The number of carbonyl (C=O) groups excluding carboxylic acids is 1. The first kappa shape index (κ1) is 14.0. The van der Waals surface area contributed by atoms with E-state index < -0.39 is 22.7 Å². The highest BCUT2D eigenvalue weighted by Gasteiger charge is 2.18. The van der Waals surface area contributed by atoms with Gasteiger partial charge in [0.25, 0.3) is 5.56 Å². The average Bonchev–Trinajstić information content (AvgIpc) is 2.22. The molecule has 0 aliphatic rings. The van der Waals surface area contributed by atoms with Gasteiger partial charge in [-0.2, -0.15) is 4.73 Å². The van der Waals surface area contributed by atoms with Crippen LogP contribution < -0.4 is 5.56 Å². The highest BCUT2D eigenvalue weighted by Crippen LogP contribution is 2.18. The van der Waals surface area contributed by atoms with Crippen LogP contribution in [0.4, 0.5) is 0 Å². The largest absolute Gasteiger partial charge is 0.507 e. The fraction of sp³-hybridized carbons (Fsp3) is 0.385. The number of aryl methyl sites for hydroxylation is 1. The minimum absolute atomic E-state index is 0.161. The maximum Gasteiger partial charge on any atom is 0.298 e. The molecular weight excluding hydrogens is 234 g/mol. The molecule has 0 radical (unpaired) electrons. The maximum atomic E-state index is 11.8. The summed E-state index contributed by atoms with van der Waals surface area (Å²) in [5.74, 6) is -1.05. The zero-order valence-corrected chi connectivity index (χ0v) is 10.9. The summed E-state index contributed by atoms with van der Waals surface area (Å²) in [5, 5.41) is 19.0. The first-order chi connectivity index (χ1) is 8.13. The minimum Gasteiger partial charge on any atom is -0.507 e. The monoisotopic (exact) mass is 251 g/mol. The molecule has 18 heavy (non-hydrogen) atoms. The van der Waals surface area contributed by atoms with Crippen molar-refractivity contribution in [2.24, 2.45) is 5.41 Å². The van der Waals surface area contributed by atoms with Crippen LogP contribution in [0.15, 0.2) is 23.0 Å². The Balaban J connectivity index is 3.28. The lowest BCUT2D eigenvalue weighted by molar-refractivity contribution is 0.103. The molecule has 0 atom stereocenters. The summed E-state index contributed by atoms with van der Waals surface area (Å²) in [6.45, 7) is 7.14. The van der Waals surface area contributed by atoms with E-state index in [9.17, 15) is 19.9 Å². The van der Waals surface area contributed by atoms with Gasteiger partial charge in [0.15, 0.2) is 5.78 Å². The van der Waals surface area contributed by atoms with E-state index in [0.717, 1.165) is 0 Å². The molecule has 0 fully saturated rings. The number of pyridine rings is 1. The predicted octanol–water partition coefficient (Wildman–Crippen LogP) is 1.88. The normalized spacial score (nSPS) is 12.0. The molecule has 1 aromatic heterocycles. The molecule has 5 nitrogen and oxygen atoms in total. The Morgan fingerprint density at radius 1 is 1.39 bits per heavy atom. The van der Waals surface area contributed by atoms with Crippen molar-refractivity contribution in [3.8, 4) is 5.75 Å². The molecule has 1 rings (SSSR count). The van der Waals surface area contributed by atoms with Crippen molar-refractivity contribution in [3.05, 3.63) is 39.8 Å². The van der Waals surface area contributed by atoms with Gasteiger partial charge in [0.05, 0.1) is 5.69 Å². The number of aromatic hydroxyl groups is 1. The minimum atomic E-state index is -0.920. The Hall–Kier alpha value is -2.04. The van der Waals surface area contributed by atoms with E-state index in [1.165, 1.54) is 19.1 Å². The van der Waals surface area contributed by atoms with Gasteiger partial charge in [-0.05, 0) is 18.4 Å². The van der Waals surface area contributed by atoms with Crippen molar-refractivity contribution in [2.75, 3.05) is 0 Å². The van der Waals surface area contributed by atoms with E-state index in [1.54, 1.807) is 6.08 Å². The topological polar surface area (TPSA) is 79.5 Å². The summed E-state index contributed by atoms with van der Waals surface area (Å²) in [5.41, 5.74) is -1.40. The van der Waals surface area contributed by atoms with Crippen molar-refractivity contribution in [2.45, 2.75) is 27.7 Å². The Morgan fingerprint density at radius 3 is 2.44 bits per heavy atom. The van der Waals surface area contributed by atoms with Gasteiger partial charge >= 0.3 is 0 Å². The molecule has 1 heterocycles. The molecule has 0 amide bonds. The van der Waals surface area contributed by atoms with Gasteiger partial charge in [-0.3, -0.25) is 9.59 Å². The van der Waals surface area contributed by atoms with Crippen LogP contribution in [-0.2, 0) is 0 Å². The molecule has 0 unspecified atom stereocenters. The molecule has 2 N–H and O–H groups in total. The number of allylic oxidation sites excluding steroid dienone is 2. The standard InChI is InChI=1S/C13H17NO4/c1-8-7-10(16)11(12(17)14(8)18)9(15)5-6-13(2,3)4/h5-7,16,18H,1-4H3. The molecule has 5 heteroatoms. The summed E-state index contributed by atoms with van der Waals surface area (Å²) in [6, 6.07) is 1.17. The molecular formula is C13H17NO4. The Bertz CT molecular complexity index is 562. The molecule has 98 valence electrons. The maximum absolute atomic E-state index is 11.8. The second kappa shape index (κ2) is 4.68. The van der Waals surface area contributed by atoms with Gasteiger partial charge in [0.1, 0.15) is 11.3 Å². The van der Waals surface area contributed by atoms with Crippen molar-refractivity contribution in [3.63, 3.8) is 0 Å². The molecule has 0 aliphatic heterocycles. The van der Waals surface area contributed by atoms with E-state index in [2.05, 4.69) is 0 Å². The zero-order chi connectivity index (χ0) is 14.1.